The molecule has 0 radical (unpaired) electrons. The van der Waals surface area contributed by atoms with E-state index in [2.05, 4.69) is 0 Å². The Balaban J connectivity index is 1.79. The third-order valence-corrected chi connectivity index (χ3v) is 6.11. The fraction of sp³-hybridized carbons (Fsp3) is 0.533. The van der Waals surface area contributed by atoms with Gasteiger partial charge in [0.1, 0.15) is 6.23 Å². The lowest BCUT2D eigenvalue weighted by molar-refractivity contribution is 0.0378. The molecule has 0 N–H and O–H groups in total. The Labute approximate surface area is 130 Å². The quantitative estimate of drug-likeness (QED) is 0.840. The average Bonchev–Trinajstić information content (AvgIpc) is 3.18. The molecule has 1 unspecified atom stereocenters. The number of rotatable bonds is 3. The number of ether oxygens (including phenoxy) is 1. The normalized spacial score (nSPS) is 23.1. The van der Waals surface area contributed by atoms with Gasteiger partial charge in [0.15, 0.2) is 0 Å². The summed E-state index contributed by atoms with van der Waals surface area (Å²) in [6.45, 7) is 4.08. The van der Waals surface area contributed by atoms with Crippen molar-refractivity contribution in [1.82, 2.24) is 9.21 Å². The molecule has 2 aliphatic heterocycles. The minimum atomic E-state index is -3.43. The minimum absolute atomic E-state index is 0.130. The van der Waals surface area contributed by atoms with E-state index in [4.69, 9.17) is 4.74 Å². The fourth-order valence-corrected chi connectivity index (χ4v) is 4.39. The summed E-state index contributed by atoms with van der Waals surface area (Å²) in [4.78, 5) is 14.3. The number of nitrogens with zero attached hydrogens (tertiary/aromatic N) is 2. The number of sulfonamides is 1. The molecule has 7 heteroatoms. The first-order valence-electron chi connectivity index (χ1n) is 7.53. The van der Waals surface area contributed by atoms with Crippen molar-refractivity contribution in [3.8, 4) is 0 Å². The maximum Gasteiger partial charge on any atom is 0.255 e. The number of hydrogen-bond acceptors (Lipinski definition) is 4. The van der Waals surface area contributed by atoms with Crippen LogP contribution >= 0.6 is 0 Å². The molecule has 1 atom stereocenters. The molecular weight excluding hydrogens is 304 g/mol. The van der Waals surface area contributed by atoms with Gasteiger partial charge < -0.3 is 9.64 Å². The molecule has 0 aromatic heterocycles. The number of benzene rings is 1. The van der Waals surface area contributed by atoms with E-state index in [0.29, 0.717) is 31.8 Å². The highest BCUT2D eigenvalue weighted by molar-refractivity contribution is 7.89. The van der Waals surface area contributed by atoms with Gasteiger partial charge in [-0.15, -0.1) is 0 Å². The van der Waals surface area contributed by atoms with E-state index >= 15 is 0 Å². The topological polar surface area (TPSA) is 66.9 Å². The molecule has 0 bridgehead atoms. The standard InChI is InChI=1S/C15H20N2O4S/c1-12-17(10-11-21-12)15(18)13-4-6-14(7-5-13)22(19,20)16-8-2-3-9-16/h4-7,12H,2-3,8-11H2,1H3. The molecule has 2 heterocycles. The van der Waals surface area contributed by atoms with Gasteiger partial charge >= 0.3 is 0 Å². The summed E-state index contributed by atoms with van der Waals surface area (Å²) >= 11 is 0. The smallest absolute Gasteiger partial charge is 0.255 e. The van der Waals surface area contributed by atoms with Crippen molar-refractivity contribution in [2.45, 2.75) is 30.9 Å². The molecule has 22 heavy (non-hydrogen) atoms. The van der Waals surface area contributed by atoms with Gasteiger partial charge in [0, 0.05) is 25.2 Å². The zero-order chi connectivity index (χ0) is 15.7. The van der Waals surface area contributed by atoms with Crippen LogP contribution in [0.25, 0.3) is 0 Å². The number of carbonyl (C=O) groups excluding carboxylic acids is 1. The van der Waals surface area contributed by atoms with Gasteiger partial charge in [0.05, 0.1) is 11.5 Å². The third-order valence-electron chi connectivity index (χ3n) is 4.20. The molecule has 0 saturated carbocycles. The Bertz CT molecular complexity index is 651. The van der Waals surface area contributed by atoms with Gasteiger partial charge in [-0.1, -0.05) is 0 Å². The van der Waals surface area contributed by atoms with E-state index in [9.17, 15) is 13.2 Å². The van der Waals surface area contributed by atoms with Crippen LogP contribution in [0.5, 0.6) is 0 Å². The first-order chi connectivity index (χ1) is 10.5. The molecule has 6 nitrogen and oxygen atoms in total. The van der Waals surface area contributed by atoms with Crippen molar-refractivity contribution in [2.75, 3.05) is 26.2 Å². The predicted molar refractivity (Wildman–Crippen MR) is 80.9 cm³/mol. The van der Waals surface area contributed by atoms with E-state index in [0.717, 1.165) is 12.8 Å². The van der Waals surface area contributed by atoms with Crippen molar-refractivity contribution >= 4 is 15.9 Å². The highest BCUT2D eigenvalue weighted by Crippen LogP contribution is 2.22. The minimum Gasteiger partial charge on any atom is -0.357 e. The molecule has 2 saturated heterocycles. The molecule has 1 aromatic rings. The van der Waals surface area contributed by atoms with Crippen LogP contribution in [0.15, 0.2) is 29.2 Å². The lowest BCUT2D eigenvalue weighted by Crippen LogP contribution is -2.34. The zero-order valence-corrected chi connectivity index (χ0v) is 13.4. The molecule has 1 amide bonds. The first kappa shape index (κ1) is 15.5. The molecule has 0 aliphatic carbocycles. The zero-order valence-electron chi connectivity index (χ0n) is 12.6. The Hall–Kier alpha value is -1.44. The Morgan fingerprint density at radius 1 is 1.14 bits per heavy atom. The van der Waals surface area contributed by atoms with Crippen LogP contribution in [0.4, 0.5) is 0 Å². The second-order valence-corrected chi connectivity index (χ2v) is 7.54. The number of carbonyl (C=O) groups is 1. The van der Waals surface area contributed by atoms with Crippen LogP contribution in [-0.4, -0.2) is 56.0 Å². The van der Waals surface area contributed by atoms with Crippen LogP contribution < -0.4 is 0 Å². The maximum atomic E-state index is 12.4. The summed E-state index contributed by atoms with van der Waals surface area (Å²) in [5.74, 6) is -0.130. The van der Waals surface area contributed by atoms with E-state index < -0.39 is 10.0 Å². The van der Waals surface area contributed by atoms with Crippen LogP contribution in [0.1, 0.15) is 30.1 Å². The van der Waals surface area contributed by atoms with Crippen LogP contribution in [-0.2, 0) is 14.8 Å². The lowest BCUT2D eigenvalue weighted by atomic mass is 10.2. The Kier molecular flexibility index (Phi) is 4.20. The molecular formula is C15H20N2O4S. The highest BCUT2D eigenvalue weighted by atomic mass is 32.2. The third kappa shape index (κ3) is 2.76. The molecule has 3 rings (SSSR count). The van der Waals surface area contributed by atoms with E-state index in [1.807, 2.05) is 6.92 Å². The van der Waals surface area contributed by atoms with Crippen LogP contribution in [0.2, 0.25) is 0 Å². The first-order valence-corrected chi connectivity index (χ1v) is 8.97. The number of amides is 1. The van der Waals surface area contributed by atoms with Gasteiger partial charge in [-0.2, -0.15) is 4.31 Å². The van der Waals surface area contributed by atoms with E-state index in [1.165, 1.54) is 16.4 Å². The molecule has 2 aliphatic rings. The maximum absolute atomic E-state index is 12.4. The van der Waals surface area contributed by atoms with Crippen LogP contribution in [0.3, 0.4) is 0 Å². The molecule has 120 valence electrons. The Morgan fingerprint density at radius 3 is 2.32 bits per heavy atom. The van der Waals surface area contributed by atoms with Gasteiger partial charge in [0.25, 0.3) is 5.91 Å². The lowest BCUT2D eigenvalue weighted by Gasteiger charge is -2.20. The second kappa shape index (κ2) is 5.98. The highest BCUT2D eigenvalue weighted by Gasteiger charge is 2.29. The summed E-state index contributed by atoms with van der Waals surface area (Å²) in [7, 11) is -3.43. The summed E-state index contributed by atoms with van der Waals surface area (Å²) in [6, 6.07) is 6.19. The van der Waals surface area contributed by atoms with Gasteiger partial charge in [-0.25, -0.2) is 8.42 Å². The van der Waals surface area contributed by atoms with Crippen molar-refractivity contribution < 1.29 is 17.9 Å². The van der Waals surface area contributed by atoms with Crippen molar-refractivity contribution in [3.63, 3.8) is 0 Å². The van der Waals surface area contributed by atoms with Gasteiger partial charge in [-0.05, 0) is 44.0 Å². The summed E-state index contributed by atoms with van der Waals surface area (Å²) in [5.41, 5.74) is 0.484. The summed E-state index contributed by atoms with van der Waals surface area (Å²) in [6.07, 6.45) is 1.58. The van der Waals surface area contributed by atoms with Crippen LogP contribution in [0, 0.1) is 0 Å². The van der Waals surface area contributed by atoms with Crippen molar-refractivity contribution in [2.24, 2.45) is 0 Å². The van der Waals surface area contributed by atoms with Crippen molar-refractivity contribution in [3.05, 3.63) is 29.8 Å². The van der Waals surface area contributed by atoms with E-state index in [-0.39, 0.29) is 17.0 Å². The predicted octanol–water partition coefficient (Wildman–Crippen LogP) is 1.29. The largest absolute Gasteiger partial charge is 0.357 e. The Morgan fingerprint density at radius 2 is 1.77 bits per heavy atom. The second-order valence-electron chi connectivity index (χ2n) is 5.60. The average molecular weight is 324 g/mol. The van der Waals surface area contributed by atoms with Gasteiger partial charge in [-0.3, -0.25) is 4.79 Å². The van der Waals surface area contributed by atoms with Gasteiger partial charge in [0.2, 0.25) is 10.0 Å². The van der Waals surface area contributed by atoms with E-state index in [1.54, 1.807) is 17.0 Å². The summed E-state index contributed by atoms with van der Waals surface area (Å²) < 4.78 is 31.7. The van der Waals surface area contributed by atoms with Crippen molar-refractivity contribution in [1.29, 1.82) is 0 Å². The monoisotopic (exact) mass is 324 g/mol. The SMILES string of the molecule is CC1OCCN1C(=O)c1ccc(S(=O)(=O)N2CCCC2)cc1. The fourth-order valence-electron chi connectivity index (χ4n) is 2.87. The molecule has 2 fully saturated rings. The molecule has 1 aromatic carbocycles. The summed E-state index contributed by atoms with van der Waals surface area (Å²) in [5, 5.41) is 0. The molecule has 0 spiro atoms. The number of hydrogen-bond donors (Lipinski definition) is 0.